The van der Waals surface area contributed by atoms with Gasteiger partial charge in [0, 0.05) is 54.2 Å². The van der Waals surface area contributed by atoms with Crippen LogP contribution in [0.15, 0.2) is 101 Å². The quantitative estimate of drug-likeness (QED) is 0.239. The number of nitrogens with zero attached hydrogens (tertiary/aromatic N) is 3. The number of hydrogen-bond acceptors (Lipinski definition) is 5. The molecule has 1 aliphatic rings. The van der Waals surface area contributed by atoms with Crippen molar-refractivity contribution >= 4 is 48.6 Å². The first-order valence-electron chi connectivity index (χ1n) is 12.8. The fourth-order valence-corrected chi connectivity index (χ4v) is 6.65. The van der Waals surface area contributed by atoms with Gasteiger partial charge in [0.15, 0.2) is 17.5 Å². The summed E-state index contributed by atoms with van der Waals surface area (Å²) in [5, 5.41) is 3.55. The van der Waals surface area contributed by atoms with Gasteiger partial charge in [0.2, 0.25) is 0 Å². The number of fused-ring (bicyclic) bond motifs is 6. The third kappa shape index (κ3) is 3.32. The number of furan rings is 1. The fourth-order valence-electron chi connectivity index (χ4n) is 5.44. The summed E-state index contributed by atoms with van der Waals surface area (Å²) < 4.78 is 8.70. The van der Waals surface area contributed by atoms with Gasteiger partial charge in [-0.05, 0) is 24.6 Å². The van der Waals surface area contributed by atoms with Crippen molar-refractivity contribution in [2.45, 2.75) is 12.8 Å². The second-order valence-electron chi connectivity index (χ2n) is 9.51. The Morgan fingerprint density at radius 1 is 0.658 bits per heavy atom. The number of aryl methyl sites for hydroxylation is 1. The molecule has 0 saturated carbocycles. The number of benzene rings is 4. The van der Waals surface area contributed by atoms with E-state index in [2.05, 4.69) is 60.7 Å². The van der Waals surface area contributed by atoms with Gasteiger partial charge >= 0.3 is 0 Å². The zero-order valence-electron chi connectivity index (χ0n) is 20.4. The summed E-state index contributed by atoms with van der Waals surface area (Å²) in [5.41, 5.74) is 4.95. The van der Waals surface area contributed by atoms with Crippen LogP contribution >= 0.6 is 11.3 Å². The van der Waals surface area contributed by atoms with Crippen molar-refractivity contribution in [3.63, 3.8) is 0 Å². The lowest BCUT2D eigenvalue weighted by Gasteiger charge is -2.10. The molecule has 0 saturated heterocycles. The van der Waals surface area contributed by atoms with Gasteiger partial charge in [0.05, 0.1) is 0 Å². The Hall–Kier alpha value is -4.61. The second-order valence-corrected chi connectivity index (χ2v) is 10.6. The normalized spacial score (nSPS) is 12.9. The molecule has 0 aliphatic heterocycles. The number of rotatable bonds is 3. The molecule has 38 heavy (non-hydrogen) atoms. The third-order valence-corrected chi connectivity index (χ3v) is 8.43. The van der Waals surface area contributed by atoms with Crippen LogP contribution in [0.1, 0.15) is 17.7 Å². The number of hydrogen-bond donors (Lipinski definition) is 0. The third-order valence-electron chi connectivity index (χ3n) is 7.21. The Bertz CT molecular complexity index is 2030. The molecule has 0 N–H and O–H groups in total. The minimum absolute atomic E-state index is 0.653. The average molecular weight is 508 g/mol. The Morgan fingerprint density at radius 2 is 1.39 bits per heavy atom. The highest BCUT2D eigenvalue weighted by atomic mass is 32.1. The highest BCUT2D eigenvalue weighted by molar-refractivity contribution is 7.26. The molecule has 3 heterocycles. The van der Waals surface area contributed by atoms with E-state index in [1.54, 1.807) is 11.3 Å². The molecule has 7 aromatic rings. The molecule has 0 bridgehead atoms. The molecule has 0 amide bonds. The summed E-state index contributed by atoms with van der Waals surface area (Å²) in [6.07, 6.45) is 6.29. The molecule has 4 aromatic carbocycles. The van der Waals surface area contributed by atoms with Gasteiger partial charge in [-0.3, -0.25) is 0 Å². The zero-order valence-corrected chi connectivity index (χ0v) is 21.2. The van der Waals surface area contributed by atoms with Gasteiger partial charge in [0.1, 0.15) is 11.3 Å². The lowest BCUT2D eigenvalue weighted by molar-refractivity contribution is 0.546. The SMILES string of the molecule is C1=Cc2c(oc3cccc(-c4nc(-c5ccccc5)nc(-c5cccc6c5sc5ccccc56)n4)c23)CC1. The molecule has 8 rings (SSSR count). The summed E-state index contributed by atoms with van der Waals surface area (Å²) in [4.78, 5) is 15.2. The van der Waals surface area contributed by atoms with Crippen LogP contribution in [0.3, 0.4) is 0 Å². The molecular weight excluding hydrogens is 486 g/mol. The van der Waals surface area contributed by atoms with Gasteiger partial charge in [-0.2, -0.15) is 0 Å². The predicted molar refractivity (Wildman–Crippen MR) is 156 cm³/mol. The van der Waals surface area contributed by atoms with E-state index in [1.165, 1.54) is 20.2 Å². The van der Waals surface area contributed by atoms with Crippen LogP contribution in [0.25, 0.3) is 71.4 Å². The van der Waals surface area contributed by atoms with E-state index in [-0.39, 0.29) is 0 Å². The van der Waals surface area contributed by atoms with Crippen molar-refractivity contribution in [1.29, 1.82) is 0 Å². The molecular formula is C33H21N3OS. The van der Waals surface area contributed by atoms with E-state index in [1.807, 2.05) is 42.5 Å². The minimum atomic E-state index is 0.653. The zero-order chi connectivity index (χ0) is 25.1. The van der Waals surface area contributed by atoms with Crippen molar-refractivity contribution < 1.29 is 4.42 Å². The van der Waals surface area contributed by atoms with E-state index in [9.17, 15) is 0 Å². The number of thiophene rings is 1. The average Bonchev–Trinajstić information content (AvgIpc) is 3.56. The molecule has 1 aliphatic carbocycles. The lowest BCUT2D eigenvalue weighted by Crippen LogP contribution is -2.00. The van der Waals surface area contributed by atoms with Crippen molar-refractivity contribution in [2.24, 2.45) is 0 Å². The van der Waals surface area contributed by atoms with Crippen LogP contribution in [0, 0.1) is 0 Å². The summed E-state index contributed by atoms with van der Waals surface area (Å²) in [7, 11) is 0. The van der Waals surface area contributed by atoms with Crippen LogP contribution in [-0.4, -0.2) is 15.0 Å². The van der Waals surface area contributed by atoms with Crippen LogP contribution in [0.2, 0.25) is 0 Å². The first-order chi connectivity index (χ1) is 18.8. The predicted octanol–water partition coefficient (Wildman–Crippen LogP) is 8.95. The Morgan fingerprint density at radius 3 is 2.32 bits per heavy atom. The first kappa shape index (κ1) is 21.5. The molecule has 4 nitrogen and oxygen atoms in total. The van der Waals surface area contributed by atoms with Crippen molar-refractivity contribution in [3.8, 4) is 34.2 Å². The molecule has 0 spiro atoms. The van der Waals surface area contributed by atoms with E-state index in [0.29, 0.717) is 17.5 Å². The highest BCUT2D eigenvalue weighted by Gasteiger charge is 2.21. The standard InChI is InChI=1S/C33H21N3OS/c1-2-10-20(11-3-1)31-34-32(24-15-9-18-27-29(24)23-13-4-6-17-26(23)37-27)36-33(35-31)25-16-8-14-22-21-12-5-7-19-28(21)38-30(22)25/h1-5,7-16,18-19H,6,17H2. The molecule has 3 aromatic heterocycles. The topological polar surface area (TPSA) is 51.8 Å². The van der Waals surface area contributed by atoms with Crippen LogP contribution in [0.4, 0.5) is 0 Å². The second kappa shape index (κ2) is 8.47. The monoisotopic (exact) mass is 507 g/mol. The van der Waals surface area contributed by atoms with E-state index >= 15 is 0 Å². The number of allylic oxidation sites excluding steroid dienone is 1. The summed E-state index contributed by atoms with van der Waals surface area (Å²) >= 11 is 1.78. The first-order valence-corrected chi connectivity index (χ1v) is 13.6. The van der Waals surface area contributed by atoms with Crippen molar-refractivity contribution in [3.05, 3.63) is 108 Å². The Kier molecular flexibility index (Phi) is 4.79. The lowest BCUT2D eigenvalue weighted by atomic mass is 9.99. The van der Waals surface area contributed by atoms with Crippen LogP contribution in [-0.2, 0) is 6.42 Å². The van der Waals surface area contributed by atoms with Crippen LogP contribution < -0.4 is 0 Å². The highest BCUT2D eigenvalue weighted by Crippen LogP contribution is 2.41. The van der Waals surface area contributed by atoms with Gasteiger partial charge in [0.25, 0.3) is 0 Å². The maximum atomic E-state index is 6.25. The summed E-state index contributed by atoms with van der Waals surface area (Å²) in [5.74, 6) is 3.02. The Labute approximate surface area is 223 Å². The van der Waals surface area contributed by atoms with Gasteiger partial charge in [-0.1, -0.05) is 84.9 Å². The van der Waals surface area contributed by atoms with Gasteiger partial charge < -0.3 is 4.42 Å². The van der Waals surface area contributed by atoms with E-state index in [4.69, 9.17) is 19.4 Å². The van der Waals surface area contributed by atoms with Gasteiger partial charge in [-0.25, -0.2) is 15.0 Å². The molecule has 0 fully saturated rings. The van der Waals surface area contributed by atoms with Crippen molar-refractivity contribution in [1.82, 2.24) is 15.0 Å². The molecule has 0 atom stereocenters. The maximum absolute atomic E-state index is 6.25. The van der Waals surface area contributed by atoms with Gasteiger partial charge in [-0.15, -0.1) is 11.3 Å². The number of aromatic nitrogens is 3. The molecule has 5 heteroatoms. The summed E-state index contributed by atoms with van der Waals surface area (Å²) in [6, 6.07) is 31.2. The molecule has 0 unspecified atom stereocenters. The Balaban J connectivity index is 1.42. The molecule has 0 radical (unpaired) electrons. The maximum Gasteiger partial charge on any atom is 0.165 e. The molecule has 180 valence electrons. The smallest absolute Gasteiger partial charge is 0.165 e. The van der Waals surface area contributed by atoms with Crippen molar-refractivity contribution in [2.75, 3.05) is 0 Å². The van der Waals surface area contributed by atoms with Crippen LogP contribution in [0.5, 0.6) is 0 Å². The van der Waals surface area contributed by atoms with E-state index < -0.39 is 0 Å². The summed E-state index contributed by atoms with van der Waals surface area (Å²) in [6.45, 7) is 0. The fraction of sp³-hybridized carbons (Fsp3) is 0.0606. The van der Waals surface area contributed by atoms with E-state index in [0.717, 1.165) is 51.8 Å². The minimum Gasteiger partial charge on any atom is -0.460 e. The largest absolute Gasteiger partial charge is 0.460 e.